The van der Waals surface area contributed by atoms with Crippen LogP contribution in [0.4, 0.5) is 0 Å². The molecule has 1 N–H and O–H groups in total. The molecule has 0 aromatic heterocycles. The number of allylic oxidation sites excluding steroid dienone is 1. The van der Waals surface area contributed by atoms with Gasteiger partial charge in [0, 0.05) is 6.08 Å². The molecule has 0 unspecified atom stereocenters. The van der Waals surface area contributed by atoms with Gasteiger partial charge >= 0.3 is 5.97 Å². The molecule has 1 aliphatic carbocycles. The SMILES string of the molecule is C/C(=C\C(=O)O)c1ccc2c(c1)CCC2. The molecule has 78 valence electrons. The van der Waals surface area contributed by atoms with Crippen molar-refractivity contribution in [3.63, 3.8) is 0 Å². The van der Waals surface area contributed by atoms with Gasteiger partial charge < -0.3 is 5.11 Å². The molecule has 15 heavy (non-hydrogen) atoms. The largest absolute Gasteiger partial charge is 0.478 e. The van der Waals surface area contributed by atoms with Gasteiger partial charge in [-0.15, -0.1) is 0 Å². The van der Waals surface area contributed by atoms with E-state index in [0.29, 0.717) is 0 Å². The van der Waals surface area contributed by atoms with Crippen molar-refractivity contribution in [2.75, 3.05) is 0 Å². The normalized spacial score (nSPS) is 15.1. The summed E-state index contributed by atoms with van der Waals surface area (Å²) < 4.78 is 0. The van der Waals surface area contributed by atoms with Crippen LogP contribution in [0.5, 0.6) is 0 Å². The van der Waals surface area contributed by atoms with Crippen molar-refractivity contribution in [2.24, 2.45) is 0 Å². The van der Waals surface area contributed by atoms with Gasteiger partial charge in [0.15, 0.2) is 0 Å². The van der Waals surface area contributed by atoms with Gasteiger partial charge in [0.25, 0.3) is 0 Å². The average Bonchev–Trinajstić information content (AvgIpc) is 2.62. The number of fused-ring (bicyclic) bond motifs is 1. The van der Waals surface area contributed by atoms with Gasteiger partial charge in [-0.1, -0.05) is 18.2 Å². The molecule has 2 heteroatoms. The number of carboxylic acids is 1. The Morgan fingerprint density at radius 3 is 2.80 bits per heavy atom. The molecule has 0 heterocycles. The molecule has 2 rings (SSSR count). The summed E-state index contributed by atoms with van der Waals surface area (Å²) in [6.07, 6.45) is 4.78. The molecule has 0 fully saturated rings. The molecule has 0 amide bonds. The summed E-state index contributed by atoms with van der Waals surface area (Å²) in [6, 6.07) is 6.26. The summed E-state index contributed by atoms with van der Waals surface area (Å²) in [5, 5.41) is 8.66. The molecule has 0 radical (unpaired) electrons. The van der Waals surface area contributed by atoms with E-state index in [9.17, 15) is 4.79 Å². The highest BCUT2D eigenvalue weighted by atomic mass is 16.4. The van der Waals surface area contributed by atoms with Crippen molar-refractivity contribution in [1.29, 1.82) is 0 Å². The molecule has 0 saturated heterocycles. The maximum Gasteiger partial charge on any atom is 0.328 e. The fourth-order valence-corrected chi connectivity index (χ4v) is 2.09. The molecule has 0 saturated carbocycles. The van der Waals surface area contributed by atoms with Gasteiger partial charge in [-0.25, -0.2) is 4.79 Å². The van der Waals surface area contributed by atoms with Crippen molar-refractivity contribution in [3.8, 4) is 0 Å². The summed E-state index contributed by atoms with van der Waals surface area (Å²) in [5.41, 5.74) is 4.64. The zero-order valence-corrected chi connectivity index (χ0v) is 8.79. The molecule has 0 atom stereocenters. The second kappa shape index (κ2) is 3.89. The minimum absolute atomic E-state index is 0.817. The number of carbonyl (C=O) groups is 1. The Labute approximate surface area is 89.2 Å². The standard InChI is InChI=1S/C13H14O2/c1-9(7-13(14)15)11-6-5-10-3-2-4-12(10)8-11/h5-8H,2-4H2,1H3,(H,14,15)/b9-7+. The number of aliphatic carboxylic acids is 1. The summed E-state index contributed by atoms with van der Waals surface area (Å²) in [7, 11) is 0. The molecule has 0 spiro atoms. The van der Waals surface area contributed by atoms with E-state index in [4.69, 9.17) is 5.11 Å². The van der Waals surface area contributed by atoms with Crippen LogP contribution in [0, 0.1) is 0 Å². The first kappa shape index (κ1) is 9.97. The van der Waals surface area contributed by atoms with Crippen molar-refractivity contribution < 1.29 is 9.90 Å². The van der Waals surface area contributed by atoms with E-state index in [1.54, 1.807) is 0 Å². The highest BCUT2D eigenvalue weighted by Crippen LogP contribution is 2.25. The van der Waals surface area contributed by atoms with E-state index in [1.165, 1.54) is 23.6 Å². The molecule has 2 nitrogen and oxygen atoms in total. The monoisotopic (exact) mass is 202 g/mol. The van der Waals surface area contributed by atoms with E-state index in [2.05, 4.69) is 12.1 Å². The molecule has 0 bridgehead atoms. The van der Waals surface area contributed by atoms with Gasteiger partial charge in [0.05, 0.1) is 0 Å². The molecule has 1 aromatic rings. The lowest BCUT2D eigenvalue weighted by molar-refractivity contribution is -0.131. The number of carboxylic acid groups (broad SMARTS) is 1. The topological polar surface area (TPSA) is 37.3 Å². The fraction of sp³-hybridized carbons (Fsp3) is 0.308. The van der Waals surface area contributed by atoms with Crippen molar-refractivity contribution in [1.82, 2.24) is 0 Å². The number of hydrogen-bond donors (Lipinski definition) is 1. The number of hydrogen-bond acceptors (Lipinski definition) is 1. The Balaban J connectivity index is 2.34. The number of rotatable bonds is 2. The Morgan fingerprint density at radius 2 is 2.07 bits per heavy atom. The third-order valence-corrected chi connectivity index (χ3v) is 2.89. The van der Waals surface area contributed by atoms with Crippen LogP contribution in [0.15, 0.2) is 24.3 Å². The van der Waals surface area contributed by atoms with Gasteiger partial charge in [-0.3, -0.25) is 0 Å². The van der Waals surface area contributed by atoms with Crippen molar-refractivity contribution in [3.05, 3.63) is 41.0 Å². The summed E-state index contributed by atoms with van der Waals surface area (Å²) >= 11 is 0. The first-order valence-electron chi connectivity index (χ1n) is 5.20. The van der Waals surface area contributed by atoms with Gasteiger partial charge in [0.1, 0.15) is 0 Å². The fourth-order valence-electron chi connectivity index (χ4n) is 2.09. The molecular weight excluding hydrogens is 188 g/mol. The zero-order chi connectivity index (χ0) is 10.8. The predicted octanol–water partition coefficient (Wildman–Crippen LogP) is 2.66. The average molecular weight is 202 g/mol. The van der Waals surface area contributed by atoms with Crippen LogP contribution in [0.1, 0.15) is 30.0 Å². The summed E-state index contributed by atoms with van der Waals surface area (Å²) in [5.74, 6) is -0.881. The highest BCUT2D eigenvalue weighted by molar-refractivity contribution is 5.89. The third-order valence-electron chi connectivity index (χ3n) is 2.89. The Hall–Kier alpha value is -1.57. The van der Waals surface area contributed by atoms with Crippen LogP contribution < -0.4 is 0 Å². The van der Waals surface area contributed by atoms with E-state index < -0.39 is 5.97 Å². The minimum Gasteiger partial charge on any atom is -0.478 e. The molecular formula is C13H14O2. The Morgan fingerprint density at radius 1 is 1.33 bits per heavy atom. The molecule has 0 aliphatic heterocycles. The lowest BCUT2D eigenvalue weighted by atomic mass is 10.0. The van der Waals surface area contributed by atoms with Crippen molar-refractivity contribution >= 4 is 11.5 Å². The van der Waals surface area contributed by atoms with Gasteiger partial charge in [0.2, 0.25) is 0 Å². The first-order chi connectivity index (χ1) is 7.16. The van der Waals surface area contributed by atoms with Crippen LogP contribution in [-0.4, -0.2) is 11.1 Å². The van der Waals surface area contributed by atoms with Crippen LogP contribution in [-0.2, 0) is 17.6 Å². The van der Waals surface area contributed by atoms with Crippen LogP contribution in [0.2, 0.25) is 0 Å². The lowest BCUT2D eigenvalue weighted by Gasteiger charge is -2.04. The van der Waals surface area contributed by atoms with Crippen LogP contribution in [0.3, 0.4) is 0 Å². The number of benzene rings is 1. The first-order valence-corrected chi connectivity index (χ1v) is 5.20. The Kier molecular flexibility index (Phi) is 2.58. The predicted molar refractivity (Wildman–Crippen MR) is 59.8 cm³/mol. The summed E-state index contributed by atoms with van der Waals surface area (Å²) in [4.78, 5) is 10.5. The lowest BCUT2D eigenvalue weighted by Crippen LogP contribution is -1.91. The zero-order valence-electron chi connectivity index (χ0n) is 8.79. The molecule has 1 aliphatic rings. The molecule has 1 aromatic carbocycles. The van der Waals surface area contributed by atoms with E-state index in [-0.39, 0.29) is 0 Å². The smallest absolute Gasteiger partial charge is 0.328 e. The number of aryl methyl sites for hydroxylation is 2. The van der Waals surface area contributed by atoms with Gasteiger partial charge in [-0.2, -0.15) is 0 Å². The van der Waals surface area contributed by atoms with Crippen LogP contribution in [0.25, 0.3) is 5.57 Å². The van der Waals surface area contributed by atoms with E-state index in [1.807, 2.05) is 13.0 Å². The Bertz CT molecular complexity index is 430. The van der Waals surface area contributed by atoms with E-state index in [0.717, 1.165) is 24.0 Å². The van der Waals surface area contributed by atoms with Crippen LogP contribution >= 0.6 is 0 Å². The second-order valence-corrected chi connectivity index (χ2v) is 4.00. The summed E-state index contributed by atoms with van der Waals surface area (Å²) in [6.45, 7) is 1.84. The van der Waals surface area contributed by atoms with Crippen molar-refractivity contribution in [2.45, 2.75) is 26.2 Å². The maximum atomic E-state index is 10.5. The highest BCUT2D eigenvalue weighted by Gasteiger charge is 2.11. The second-order valence-electron chi connectivity index (χ2n) is 4.00. The van der Waals surface area contributed by atoms with Gasteiger partial charge in [-0.05, 0) is 48.4 Å². The quantitative estimate of drug-likeness (QED) is 0.748. The maximum absolute atomic E-state index is 10.5. The third kappa shape index (κ3) is 2.09. The minimum atomic E-state index is -0.881. The van der Waals surface area contributed by atoms with E-state index >= 15 is 0 Å².